The molecule has 1 unspecified atom stereocenters. The molecule has 0 aliphatic rings. The summed E-state index contributed by atoms with van der Waals surface area (Å²) in [5, 5.41) is 4.34. The number of aromatic nitrogens is 2. The van der Waals surface area contributed by atoms with Gasteiger partial charge in [0.25, 0.3) is 0 Å². The number of nitrogens with zero attached hydrogens (tertiary/aromatic N) is 2. The summed E-state index contributed by atoms with van der Waals surface area (Å²) in [5.41, 5.74) is 8.26. The minimum Gasteiger partial charge on any atom is -0.469 e. The van der Waals surface area contributed by atoms with E-state index in [0.717, 1.165) is 21.5 Å². The molecule has 17 heavy (non-hydrogen) atoms. The molecule has 0 saturated heterocycles. The van der Waals surface area contributed by atoms with Crippen LogP contribution in [0.15, 0.2) is 27.4 Å². The smallest absolute Gasteiger partial charge is 0.105 e. The second-order valence-electron chi connectivity index (χ2n) is 4.33. The first-order valence-corrected chi connectivity index (χ1v) is 6.34. The monoisotopic (exact) mass is 297 g/mol. The Morgan fingerprint density at radius 3 is 2.71 bits per heavy atom. The van der Waals surface area contributed by atoms with Gasteiger partial charge in [-0.1, -0.05) is 0 Å². The quantitative estimate of drug-likeness (QED) is 0.947. The fourth-order valence-corrected chi connectivity index (χ4v) is 2.44. The van der Waals surface area contributed by atoms with Crippen molar-refractivity contribution in [2.24, 2.45) is 5.73 Å². The van der Waals surface area contributed by atoms with Crippen molar-refractivity contribution < 1.29 is 4.42 Å². The third-order valence-electron chi connectivity index (χ3n) is 2.80. The van der Waals surface area contributed by atoms with Crippen molar-refractivity contribution in [1.29, 1.82) is 0 Å². The highest BCUT2D eigenvalue weighted by Crippen LogP contribution is 2.30. The molecule has 2 heterocycles. The van der Waals surface area contributed by atoms with E-state index in [2.05, 4.69) is 34.9 Å². The van der Waals surface area contributed by atoms with Gasteiger partial charge in [-0.3, -0.25) is 4.68 Å². The summed E-state index contributed by atoms with van der Waals surface area (Å²) in [5.74, 6) is 0.848. The predicted molar refractivity (Wildman–Crippen MR) is 69.8 cm³/mol. The van der Waals surface area contributed by atoms with Gasteiger partial charge in [-0.25, -0.2) is 0 Å². The van der Waals surface area contributed by atoms with Gasteiger partial charge in [0.2, 0.25) is 0 Å². The molecule has 0 aliphatic heterocycles. The summed E-state index contributed by atoms with van der Waals surface area (Å²) in [6, 6.07) is 1.95. The van der Waals surface area contributed by atoms with Crippen molar-refractivity contribution in [2.75, 3.05) is 0 Å². The van der Waals surface area contributed by atoms with Gasteiger partial charge in [0, 0.05) is 11.6 Å². The Bertz CT molecular complexity index is 516. The average molecular weight is 298 g/mol. The van der Waals surface area contributed by atoms with Crippen molar-refractivity contribution in [1.82, 2.24) is 9.78 Å². The molecular formula is C12H16BrN3O. The van der Waals surface area contributed by atoms with Crippen LogP contribution in [-0.2, 0) is 0 Å². The average Bonchev–Trinajstić information content (AvgIpc) is 2.83. The molecule has 0 fully saturated rings. The van der Waals surface area contributed by atoms with Crippen LogP contribution in [0.4, 0.5) is 0 Å². The van der Waals surface area contributed by atoms with Gasteiger partial charge in [-0.2, -0.15) is 5.10 Å². The molecular weight excluding hydrogens is 282 g/mol. The van der Waals surface area contributed by atoms with E-state index in [-0.39, 0.29) is 12.1 Å². The van der Waals surface area contributed by atoms with Crippen LogP contribution in [0.2, 0.25) is 0 Å². The first kappa shape index (κ1) is 12.4. The van der Waals surface area contributed by atoms with Crippen LogP contribution in [0.25, 0.3) is 0 Å². The number of nitrogens with two attached hydrogens (primary N) is 1. The Labute approximate surface area is 109 Å². The maximum absolute atomic E-state index is 6.29. The van der Waals surface area contributed by atoms with E-state index in [1.54, 1.807) is 12.5 Å². The molecule has 0 spiro atoms. The van der Waals surface area contributed by atoms with Crippen molar-refractivity contribution in [2.45, 2.75) is 32.9 Å². The Morgan fingerprint density at radius 1 is 1.47 bits per heavy atom. The van der Waals surface area contributed by atoms with Crippen molar-refractivity contribution in [3.05, 3.63) is 40.0 Å². The molecule has 92 valence electrons. The van der Waals surface area contributed by atoms with Crippen LogP contribution < -0.4 is 5.73 Å². The molecule has 1 atom stereocenters. The Kier molecular flexibility index (Phi) is 3.40. The van der Waals surface area contributed by atoms with Gasteiger partial charge in [0.15, 0.2) is 0 Å². The lowest BCUT2D eigenvalue weighted by atomic mass is 10.1. The van der Waals surface area contributed by atoms with Gasteiger partial charge >= 0.3 is 0 Å². The van der Waals surface area contributed by atoms with Crippen molar-refractivity contribution >= 4 is 15.9 Å². The fraction of sp³-hybridized carbons (Fsp3) is 0.417. The van der Waals surface area contributed by atoms with Crippen LogP contribution in [0.3, 0.4) is 0 Å². The Balaban J connectivity index is 2.47. The Morgan fingerprint density at radius 2 is 2.18 bits per heavy atom. The largest absolute Gasteiger partial charge is 0.469 e. The molecule has 0 bridgehead atoms. The molecule has 2 aromatic heterocycles. The number of aryl methyl sites for hydroxylation is 1. The van der Waals surface area contributed by atoms with E-state index < -0.39 is 0 Å². The lowest BCUT2D eigenvalue weighted by Gasteiger charge is -2.17. The van der Waals surface area contributed by atoms with Crippen LogP contribution in [0, 0.1) is 6.92 Å². The van der Waals surface area contributed by atoms with Gasteiger partial charge in [-0.05, 0) is 42.8 Å². The van der Waals surface area contributed by atoms with E-state index >= 15 is 0 Å². The second-order valence-corrected chi connectivity index (χ2v) is 5.18. The SMILES string of the molecule is Cc1occc1C(N)c1c(Br)cnn1C(C)C. The minimum atomic E-state index is -0.229. The van der Waals surface area contributed by atoms with E-state index in [0.29, 0.717) is 0 Å². The molecule has 2 N–H and O–H groups in total. The molecule has 0 aliphatic carbocycles. The lowest BCUT2D eigenvalue weighted by Crippen LogP contribution is -2.19. The summed E-state index contributed by atoms with van der Waals surface area (Å²) in [6.45, 7) is 6.08. The third-order valence-corrected chi connectivity index (χ3v) is 3.42. The number of hydrogen-bond acceptors (Lipinski definition) is 3. The molecule has 2 aromatic rings. The molecule has 5 heteroatoms. The number of hydrogen-bond donors (Lipinski definition) is 1. The van der Waals surface area contributed by atoms with Crippen molar-refractivity contribution in [3.63, 3.8) is 0 Å². The molecule has 2 rings (SSSR count). The van der Waals surface area contributed by atoms with Gasteiger partial charge < -0.3 is 10.2 Å². The normalized spacial score (nSPS) is 13.3. The van der Waals surface area contributed by atoms with Crippen LogP contribution in [0.1, 0.15) is 42.9 Å². The summed E-state index contributed by atoms with van der Waals surface area (Å²) < 4.78 is 8.16. The van der Waals surface area contributed by atoms with E-state index in [9.17, 15) is 0 Å². The van der Waals surface area contributed by atoms with Crippen LogP contribution >= 0.6 is 15.9 Å². The number of furan rings is 1. The summed E-state index contributed by atoms with van der Waals surface area (Å²) in [7, 11) is 0. The summed E-state index contributed by atoms with van der Waals surface area (Å²) in [4.78, 5) is 0. The fourth-order valence-electron chi connectivity index (χ4n) is 1.92. The van der Waals surface area contributed by atoms with E-state index in [1.807, 2.05) is 17.7 Å². The summed E-state index contributed by atoms with van der Waals surface area (Å²) >= 11 is 3.50. The zero-order valence-electron chi connectivity index (χ0n) is 10.1. The zero-order chi connectivity index (χ0) is 12.6. The Hall–Kier alpha value is -1.07. The summed E-state index contributed by atoms with van der Waals surface area (Å²) in [6.07, 6.45) is 3.44. The maximum atomic E-state index is 6.29. The molecule has 4 nitrogen and oxygen atoms in total. The molecule has 0 aromatic carbocycles. The molecule has 0 radical (unpaired) electrons. The topological polar surface area (TPSA) is 57.0 Å². The highest BCUT2D eigenvalue weighted by molar-refractivity contribution is 9.10. The van der Waals surface area contributed by atoms with E-state index in [1.165, 1.54) is 0 Å². The second kappa shape index (κ2) is 4.66. The highest BCUT2D eigenvalue weighted by Gasteiger charge is 2.22. The third kappa shape index (κ3) is 2.17. The number of halogens is 1. The minimum absolute atomic E-state index is 0.229. The highest BCUT2D eigenvalue weighted by atomic mass is 79.9. The first-order chi connectivity index (χ1) is 8.02. The first-order valence-electron chi connectivity index (χ1n) is 5.54. The standard InChI is InChI=1S/C12H16BrN3O/c1-7(2)16-12(10(13)6-15-16)11(14)9-4-5-17-8(9)3/h4-7,11H,14H2,1-3H3. The van der Waals surface area contributed by atoms with Gasteiger partial charge in [-0.15, -0.1) is 0 Å². The zero-order valence-corrected chi connectivity index (χ0v) is 11.7. The van der Waals surface area contributed by atoms with Gasteiger partial charge in [0.05, 0.1) is 28.7 Å². The molecule has 0 saturated carbocycles. The lowest BCUT2D eigenvalue weighted by molar-refractivity contribution is 0.492. The van der Waals surface area contributed by atoms with Crippen molar-refractivity contribution in [3.8, 4) is 0 Å². The van der Waals surface area contributed by atoms with Crippen LogP contribution in [0.5, 0.6) is 0 Å². The number of rotatable bonds is 3. The maximum Gasteiger partial charge on any atom is 0.105 e. The molecule has 0 amide bonds. The van der Waals surface area contributed by atoms with E-state index in [4.69, 9.17) is 10.2 Å². The van der Waals surface area contributed by atoms with Crippen LogP contribution in [-0.4, -0.2) is 9.78 Å². The van der Waals surface area contributed by atoms with Gasteiger partial charge in [0.1, 0.15) is 5.76 Å². The predicted octanol–water partition coefficient (Wildman–Crippen LogP) is 3.18.